The van der Waals surface area contributed by atoms with E-state index in [1.165, 1.54) is 10.4 Å². The Hall–Kier alpha value is -0.540. The number of thiophene rings is 1. The molecule has 3 heteroatoms. The summed E-state index contributed by atoms with van der Waals surface area (Å²) in [7, 11) is 0. The van der Waals surface area contributed by atoms with Gasteiger partial charge in [0.15, 0.2) is 0 Å². The molecule has 1 atom stereocenters. The minimum atomic E-state index is 0.362. The molecule has 2 nitrogen and oxygen atoms in total. The van der Waals surface area contributed by atoms with E-state index in [4.69, 9.17) is 11.5 Å². The Morgan fingerprint density at radius 3 is 3.18 bits per heavy atom. The molecule has 1 unspecified atom stereocenters. The second kappa shape index (κ2) is 2.50. The summed E-state index contributed by atoms with van der Waals surface area (Å²) in [5.74, 6) is 0. The maximum atomic E-state index is 5.82. The van der Waals surface area contributed by atoms with E-state index in [1.54, 1.807) is 11.3 Å². The summed E-state index contributed by atoms with van der Waals surface area (Å²) in [4.78, 5) is 1.40. The molecule has 1 aromatic heterocycles. The second-order valence-corrected chi connectivity index (χ2v) is 4.27. The first-order valence-corrected chi connectivity index (χ1v) is 4.70. The van der Waals surface area contributed by atoms with E-state index in [0.717, 1.165) is 24.3 Å². The van der Waals surface area contributed by atoms with Gasteiger partial charge in [0.1, 0.15) is 0 Å². The molecule has 1 aromatic rings. The number of fused-ring (bicyclic) bond motifs is 1. The first-order chi connectivity index (χ1) is 5.25. The van der Waals surface area contributed by atoms with Crippen molar-refractivity contribution < 1.29 is 0 Å². The van der Waals surface area contributed by atoms with Gasteiger partial charge in [0.05, 0.1) is 5.00 Å². The van der Waals surface area contributed by atoms with E-state index in [9.17, 15) is 0 Å². The van der Waals surface area contributed by atoms with Crippen molar-refractivity contribution in [1.29, 1.82) is 0 Å². The molecule has 0 radical (unpaired) electrons. The Morgan fingerprint density at radius 2 is 2.36 bits per heavy atom. The molecule has 0 saturated carbocycles. The van der Waals surface area contributed by atoms with E-state index in [2.05, 4.69) is 6.07 Å². The molecule has 0 aromatic carbocycles. The topological polar surface area (TPSA) is 52.0 Å². The van der Waals surface area contributed by atoms with Gasteiger partial charge in [-0.1, -0.05) is 0 Å². The van der Waals surface area contributed by atoms with Crippen LogP contribution in [0.15, 0.2) is 6.07 Å². The maximum absolute atomic E-state index is 5.82. The Kier molecular flexibility index (Phi) is 1.62. The van der Waals surface area contributed by atoms with Crippen molar-refractivity contribution in [3.8, 4) is 0 Å². The van der Waals surface area contributed by atoms with Crippen LogP contribution in [0.1, 0.15) is 16.9 Å². The Bertz CT molecular complexity index is 267. The lowest BCUT2D eigenvalue weighted by Crippen LogP contribution is -2.26. The van der Waals surface area contributed by atoms with Crippen molar-refractivity contribution in [3.05, 3.63) is 16.5 Å². The van der Waals surface area contributed by atoms with Crippen LogP contribution in [-0.4, -0.2) is 6.04 Å². The average molecular weight is 168 g/mol. The average Bonchev–Trinajstić information content (AvgIpc) is 2.27. The maximum Gasteiger partial charge on any atom is 0.0862 e. The van der Waals surface area contributed by atoms with Crippen molar-refractivity contribution >= 4 is 16.3 Å². The van der Waals surface area contributed by atoms with Crippen LogP contribution in [0.5, 0.6) is 0 Å². The minimum Gasteiger partial charge on any atom is -0.391 e. The highest BCUT2D eigenvalue weighted by Gasteiger charge is 2.17. The van der Waals surface area contributed by atoms with E-state index in [1.807, 2.05) is 0 Å². The number of rotatable bonds is 0. The smallest absolute Gasteiger partial charge is 0.0862 e. The SMILES string of the molecule is Nc1cc2c(s1)CC(N)CC2. The zero-order valence-electron chi connectivity index (χ0n) is 6.34. The summed E-state index contributed by atoms with van der Waals surface area (Å²) in [5, 5.41) is 0.934. The van der Waals surface area contributed by atoms with Crippen LogP contribution in [0.4, 0.5) is 5.00 Å². The monoisotopic (exact) mass is 168 g/mol. The van der Waals surface area contributed by atoms with Crippen LogP contribution in [-0.2, 0) is 12.8 Å². The van der Waals surface area contributed by atoms with Gasteiger partial charge in [0, 0.05) is 10.9 Å². The van der Waals surface area contributed by atoms with E-state index >= 15 is 0 Å². The zero-order valence-corrected chi connectivity index (χ0v) is 7.16. The second-order valence-electron chi connectivity index (χ2n) is 3.10. The highest BCUT2D eigenvalue weighted by atomic mass is 32.1. The minimum absolute atomic E-state index is 0.362. The molecule has 1 aliphatic rings. The van der Waals surface area contributed by atoms with Gasteiger partial charge < -0.3 is 11.5 Å². The lowest BCUT2D eigenvalue weighted by Gasteiger charge is -2.16. The lowest BCUT2D eigenvalue weighted by molar-refractivity contribution is 0.584. The predicted molar refractivity (Wildman–Crippen MR) is 48.7 cm³/mol. The van der Waals surface area contributed by atoms with Crippen LogP contribution < -0.4 is 11.5 Å². The number of nitrogen functional groups attached to an aromatic ring is 1. The van der Waals surface area contributed by atoms with Crippen LogP contribution >= 0.6 is 11.3 Å². The summed E-state index contributed by atoms with van der Waals surface area (Å²) >= 11 is 1.69. The zero-order chi connectivity index (χ0) is 7.84. The molecule has 0 aliphatic heterocycles. The van der Waals surface area contributed by atoms with E-state index in [0.29, 0.717) is 6.04 Å². The van der Waals surface area contributed by atoms with Gasteiger partial charge in [0.25, 0.3) is 0 Å². The standard InChI is InChI=1S/C8H12N2S/c9-6-2-1-5-3-8(10)11-7(5)4-6/h3,6H,1-2,4,9-10H2. The van der Waals surface area contributed by atoms with Crippen LogP contribution in [0.3, 0.4) is 0 Å². The third-order valence-electron chi connectivity index (χ3n) is 2.15. The molecule has 11 heavy (non-hydrogen) atoms. The molecule has 2 rings (SSSR count). The first-order valence-electron chi connectivity index (χ1n) is 3.88. The number of hydrogen-bond donors (Lipinski definition) is 2. The van der Waals surface area contributed by atoms with E-state index < -0.39 is 0 Å². The van der Waals surface area contributed by atoms with Gasteiger partial charge in [0.2, 0.25) is 0 Å². The molecule has 0 fully saturated rings. The van der Waals surface area contributed by atoms with Crippen molar-refractivity contribution in [2.24, 2.45) is 5.73 Å². The van der Waals surface area contributed by atoms with Gasteiger partial charge in [-0.15, -0.1) is 11.3 Å². The quantitative estimate of drug-likeness (QED) is 0.610. The van der Waals surface area contributed by atoms with Crippen molar-refractivity contribution in [2.45, 2.75) is 25.3 Å². The highest BCUT2D eigenvalue weighted by molar-refractivity contribution is 7.16. The molecular weight excluding hydrogens is 156 g/mol. The highest BCUT2D eigenvalue weighted by Crippen LogP contribution is 2.30. The van der Waals surface area contributed by atoms with Crippen LogP contribution in [0, 0.1) is 0 Å². The fourth-order valence-corrected chi connectivity index (χ4v) is 2.63. The Labute approximate surface area is 70.2 Å². The third-order valence-corrected chi connectivity index (χ3v) is 3.18. The molecule has 0 bridgehead atoms. The van der Waals surface area contributed by atoms with Gasteiger partial charge in [-0.25, -0.2) is 0 Å². The number of aryl methyl sites for hydroxylation is 1. The van der Waals surface area contributed by atoms with Gasteiger partial charge in [-0.2, -0.15) is 0 Å². The summed E-state index contributed by atoms with van der Waals surface area (Å²) < 4.78 is 0. The van der Waals surface area contributed by atoms with Crippen LogP contribution in [0.2, 0.25) is 0 Å². The van der Waals surface area contributed by atoms with Gasteiger partial charge in [-0.05, 0) is 30.9 Å². The first kappa shape index (κ1) is 7.13. The van der Waals surface area contributed by atoms with Crippen molar-refractivity contribution in [1.82, 2.24) is 0 Å². The lowest BCUT2D eigenvalue weighted by atomic mass is 9.96. The summed E-state index contributed by atoms with van der Waals surface area (Å²) in [6.07, 6.45) is 3.25. The van der Waals surface area contributed by atoms with E-state index in [-0.39, 0.29) is 0 Å². The molecule has 0 spiro atoms. The number of anilines is 1. The van der Waals surface area contributed by atoms with Crippen molar-refractivity contribution in [2.75, 3.05) is 5.73 Å². The molecule has 60 valence electrons. The predicted octanol–water partition coefficient (Wildman–Crippen LogP) is 1.15. The van der Waals surface area contributed by atoms with Gasteiger partial charge >= 0.3 is 0 Å². The fraction of sp³-hybridized carbons (Fsp3) is 0.500. The normalized spacial score (nSPS) is 23.2. The number of nitrogens with two attached hydrogens (primary N) is 2. The summed E-state index contributed by atoms with van der Waals surface area (Å²) in [5.41, 5.74) is 12.9. The molecule has 1 heterocycles. The largest absolute Gasteiger partial charge is 0.391 e. The molecular formula is C8H12N2S. The van der Waals surface area contributed by atoms with Crippen LogP contribution in [0.25, 0.3) is 0 Å². The van der Waals surface area contributed by atoms with Crippen molar-refractivity contribution in [3.63, 3.8) is 0 Å². The number of hydrogen-bond acceptors (Lipinski definition) is 3. The van der Waals surface area contributed by atoms with Gasteiger partial charge in [-0.3, -0.25) is 0 Å². The third kappa shape index (κ3) is 1.26. The molecule has 1 aliphatic carbocycles. The fourth-order valence-electron chi connectivity index (χ4n) is 1.55. The molecule has 0 saturated heterocycles. The Morgan fingerprint density at radius 1 is 1.55 bits per heavy atom. The molecule has 4 N–H and O–H groups in total. The Balaban J connectivity index is 2.34. The summed E-state index contributed by atoms with van der Waals surface area (Å²) in [6, 6.07) is 2.45. The molecule has 0 amide bonds. The summed E-state index contributed by atoms with van der Waals surface area (Å²) in [6.45, 7) is 0.